The van der Waals surface area contributed by atoms with Crippen molar-refractivity contribution in [2.75, 3.05) is 25.0 Å². The van der Waals surface area contributed by atoms with Gasteiger partial charge in [-0.3, -0.25) is 9.48 Å². The number of hydrogen-bond donors (Lipinski definition) is 0. The van der Waals surface area contributed by atoms with Crippen LogP contribution >= 0.6 is 0 Å². The van der Waals surface area contributed by atoms with E-state index >= 15 is 0 Å². The monoisotopic (exact) mass is 457 g/mol. The number of anilines is 1. The minimum Gasteiger partial charge on any atom is -0.357 e. The Kier molecular flexibility index (Phi) is 6.67. The smallest absolute Gasteiger partial charge is 0.357 e. The molecular formula is C24H26F3N5O. The maximum atomic E-state index is 12.9. The number of carbonyl (C=O) groups excluding carboxylic acids is 1. The van der Waals surface area contributed by atoms with Gasteiger partial charge in [-0.1, -0.05) is 30.3 Å². The molecule has 0 aliphatic carbocycles. The Hall–Kier alpha value is -3.36. The molecule has 1 aliphatic heterocycles. The molecule has 9 heteroatoms. The predicted octanol–water partition coefficient (Wildman–Crippen LogP) is 4.22. The van der Waals surface area contributed by atoms with E-state index < -0.39 is 11.7 Å². The minimum absolute atomic E-state index is 0.0748. The van der Waals surface area contributed by atoms with Gasteiger partial charge in [-0.15, -0.1) is 0 Å². The molecule has 1 fully saturated rings. The van der Waals surface area contributed by atoms with Crippen molar-refractivity contribution in [3.63, 3.8) is 0 Å². The Morgan fingerprint density at radius 1 is 1.06 bits per heavy atom. The second-order valence-corrected chi connectivity index (χ2v) is 8.39. The van der Waals surface area contributed by atoms with Crippen LogP contribution in [0.25, 0.3) is 0 Å². The molecule has 0 radical (unpaired) electrons. The molecule has 3 aromatic rings. The molecule has 0 unspecified atom stereocenters. The summed E-state index contributed by atoms with van der Waals surface area (Å²) in [5, 5.41) is 4.40. The van der Waals surface area contributed by atoms with Gasteiger partial charge >= 0.3 is 6.18 Å². The number of alkyl halides is 3. The highest BCUT2D eigenvalue weighted by Crippen LogP contribution is 2.30. The number of amides is 1. The summed E-state index contributed by atoms with van der Waals surface area (Å²) in [5.74, 6) is 0.471. The second-order valence-electron chi connectivity index (χ2n) is 8.39. The van der Waals surface area contributed by atoms with E-state index in [1.807, 2.05) is 46.1 Å². The third-order valence-electron chi connectivity index (χ3n) is 5.91. The molecule has 6 nitrogen and oxygen atoms in total. The van der Waals surface area contributed by atoms with E-state index in [1.165, 1.54) is 6.07 Å². The molecule has 2 aromatic heterocycles. The molecule has 0 N–H and O–H groups in total. The van der Waals surface area contributed by atoms with Crippen molar-refractivity contribution < 1.29 is 18.0 Å². The highest BCUT2D eigenvalue weighted by Gasteiger charge is 2.32. The van der Waals surface area contributed by atoms with Crippen LogP contribution in [0.4, 0.5) is 19.0 Å². The van der Waals surface area contributed by atoms with Gasteiger partial charge in [0.15, 0.2) is 0 Å². The molecule has 4 rings (SSSR count). The predicted molar refractivity (Wildman–Crippen MR) is 118 cm³/mol. The summed E-state index contributed by atoms with van der Waals surface area (Å²) in [5.41, 5.74) is 1.36. The molecule has 1 saturated heterocycles. The van der Waals surface area contributed by atoms with Crippen LogP contribution in [0.15, 0.2) is 61.1 Å². The van der Waals surface area contributed by atoms with Crippen LogP contribution in [0.3, 0.4) is 0 Å². The number of carbonyl (C=O) groups is 1. The van der Waals surface area contributed by atoms with Gasteiger partial charge in [0, 0.05) is 50.6 Å². The number of piperidine rings is 1. The first kappa shape index (κ1) is 22.8. The lowest BCUT2D eigenvalue weighted by Crippen LogP contribution is -2.41. The Morgan fingerprint density at radius 3 is 2.42 bits per heavy atom. The third kappa shape index (κ3) is 5.71. The van der Waals surface area contributed by atoms with Gasteiger partial charge in [0.1, 0.15) is 5.82 Å². The number of halogens is 3. The first-order valence-corrected chi connectivity index (χ1v) is 10.9. The van der Waals surface area contributed by atoms with Gasteiger partial charge < -0.3 is 9.80 Å². The van der Waals surface area contributed by atoms with Crippen molar-refractivity contribution in [1.82, 2.24) is 19.7 Å². The summed E-state index contributed by atoms with van der Waals surface area (Å²) in [7, 11) is 1.79. The Balaban J connectivity index is 1.28. The maximum Gasteiger partial charge on any atom is 0.417 e. The molecule has 0 bridgehead atoms. The van der Waals surface area contributed by atoms with E-state index in [-0.39, 0.29) is 11.8 Å². The van der Waals surface area contributed by atoms with Crippen molar-refractivity contribution in [3.05, 3.63) is 77.7 Å². The Bertz CT molecular complexity index is 1060. The summed E-state index contributed by atoms with van der Waals surface area (Å²) in [6.45, 7) is 2.32. The van der Waals surface area contributed by atoms with E-state index in [0.717, 1.165) is 23.4 Å². The summed E-state index contributed by atoms with van der Waals surface area (Å²) >= 11 is 0. The quantitative estimate of drug-likeness (QED) is 0.556. The number of nitrogens with zero attached hydrogens (tertiary/aromatic N) is 5. The molecule has 0 atom stereocenters. The van der Waals surface area contributed by atoms with Crippen molar-refractivity contribution in [1.29, 1.82) is 0 Å². The van der Waals surface area contributed by atoms with E-state index in [4.69, 9.17) is 0 Å². The molecule has 1 amide bonds. The van der Waals surface area contributed by atoms with Crippen molar-refractivity contribution in [3.8, 4) is 0 Å². The standard InChI is InChI=1S/C24H26F3N5O/c1-30(15-19-13-29-32(17-19)16-18-5-3-2-4-6-18)23(33)20-9-11-31(12-10-20)22-8-7-21(14-28-22)24(25,26)27/h2-8,13-14,17,20H,9-12,15-16H2,1H3. The average molecular weight is 458 g/mol. The largest absolute Gasteiger partial charge is 0.417 e. The maximum absolute atomic E-state index is 12.9. The van der Waals surface area contributed by atoms with Gasteiger partial charge in [-0.05, 0) is 30.5 Å². The zero-order valence-corrected chi connectivity index (χ0v) is 18.4. The highest BCUT2D eigenvalue weighted by atomic mass is 19.4. The van der Waals surface area contributed by atoms with Crippen LogP contribution in [-0.2, 0) is 24.1 Å². The van der Waals surface area contributed by atoms with Gasteiger partial charge in [0.05, 0.1) is 18.3 Å². The van der Waals surface area contributed by atoms with Crippen LogP contribution in [0.5, 0.6) is 0 Å². The lowest BCUT2D eigenvalue weighted by Gasteiger charge is -2.33. The van der Waals surface area contributed by atoms with E-state index in [1.54, 1.807) is 18.1 Å². The molecule has 174 valence electrons. The summed E-state index contributed by atoms with van der Waals surface area (Å²) in [6.07, 6.45) is 1.48. The fraction of sp³-hybridized carbons (Fsp3) is 0.375. The fourth-order valence-electron chi connectivity index (χ4n) is 4.10. The van der Waals surface area contributed by atoms with E-state index in [2.05, 4.69) is 10.1 Å². The number of pyridine rings is 1. The highest BCUT2D eigenvalue weighted by molar-refractivity contribution is 5.79. The van der Waals surface area contributed by atoms with Gasteiger partial charge in [0.25, 0.3) is 0 Å². The number of hydrogen-bond acceptors (Lipinski definition) is 4. The normalized spacial score (nSPS) is 15.0. The zero-order valence-electron chi connectivity index (χ0n) is 18.4. The summed E-state index contributed by atoms with van der Waals surface area (Å²) in [6, 6.07) is 12.5. The lowest BCUT2D eigenvalue weighted by molar-refractivity contribution is -0.138. The molecule has 33 heavy (non-hydrogen) atoms. The molecule has 1 aliphatic rings. The SMILES string of the molecule is CN(Cc1cnn(Cc2ccccc2)c1)C(=O)C1CCN(c2ccc(C(F)(F)F)cn2)CC1. The molecule has 1 aromatic carbocycles. The molecular weight excluding hydrogens is 431 g/mol. The van der Waals surface area contributed by atoms with Gasteiger partial charge in [-0.25, -0.2) is 4.98 Å². The minimum atomic E-state index is -4.40. The number of rotatable bonds is 6. The molecule has 3 heterocycles. The molecule has 0 spiro atoms. The summed E-state index contributed by atoms with van der Waals surface area (Å²) in [4.78, 5) is 20.6. The zero-order chi connectivity index (χ0) is 23.4. The lowest BCUT2D eigenvalue weighted by atomic mass is 9.95. The van der Waals surface area contributed by atoms with Crippen LogP contribution in [0.2, 0.25) is 0 Å². The Morgan fingerprint density at radius 2 is 1.79 bits per heavy atom. The number of aromatic nitrogens is 3. The van der Waals surface area contributed by atoms with Crippen LogP contribution in [-0.4, -0.2) is 45.7 Å². The van der Waals surface area contributed by atoms with E-state index in [9.17, 15) is 18.0 Å². The first-order valence-electron chi connectivity index (χ1n) is 10.9. The second kappa shape index (κ2) is 9.64. The van der Waals surface area contributed by atoms with Crippen LogP contribution in [0, 0.1) is 5.92 Å². The van der Waals surface area contributed by atoms with Crippen molar-refractivity contribution in [2.24, 2.45) is 5.92 Å². The van der Waals surface area contributed by atoms with Crippen molar-refractivity contribution in [2.45, 2.75) is 32.1 Å². The Labute approximate surface area is 190 Å². The third-order valence-corrected chi connectivity index (χ3v) is 5.91. The topological polar surface area (TPSA) is 54.3 Å². The summed E-state index contributed by atoms with van der Waals surface area (Å²) < 4.78 is 40.1. The van der Waals surface area contributed by atoms with Crippen LogP contribution in [0.1, 0.15) is 29.5 Å². The number of benzene rings is 1. The average Bonchev–Trinajstić information content (AvgIpc) is 3.25. The first-order chi connectivity index (χ1) is 15.8. The fourth-order valence-corrected chi connectivity index (χ4v) is 4.10. The van der Waals surface area contributed by atoms with E-state index in [0.29, 0.717) is 44.8 Å². The van der Waals surface area contributed by atoms with Crippen molar-refractivity contribution >= 4 is 11.7 Å². The molecule has 0 saturated carbocycles. The van der Waals surface area contributed by atoms with Gasteiger partial charge in [0.2, 0.25) is 5.91 Å². The van der Waals surface area contributed by atoms with Crippen LogP contribution < -0.4 is 4.90 Å². The van der Waals surface area contributed by atoms with Gasteiger partial charge in [-0.2, -0.15) is 18.3 Å².